The van der Waals surface area contributed by atoms with Crippen LogP contribution < -0.4 is 20.3 Å². The zero-order chi connectivity index (χ0) is 19.3. The van der Waals surface area contributed by atoms with Gasteiger partial charge >= 0.3 is 0 Å². The smallest absolute Gasteiger partial charge is 0.250 e. The topological polar surface area (TPSA) is 79.6 Å². The summed E-state index contributed by atoms with van der Waals surface area (Å²) in [6.45, 7) is 5.15. The van der Waals surface area contributed by atoms with Crippen molar-refractivity contribution in [2.75, 3.05) is 13.2 Å². The third kappa shape index (κ3) is 7.37. The van der Waals surface area contributed by atoms with E-state index in [9.17, 15) is 0 Å². The van der Waals surface area contributed by atoms with E-state index in [4.69, 9.17) is 21.3 Å². The van der Waals surface area contributed by atoms with Crippen LogP contribution in [-0.4, -0.2) is 31.6 Å². The summed E-state index contributed by atoms with van der Waals surface area (Å²) in [4.78, 5) is 0. The maximum atomic E-state index is 5.52. The van der Waals surface area contributed by atoms with Gasteiger partial charge in [0, 0.05) is 11.8 Å². The van der Waals surface area contributed by atoms with E-state index in [2.05, 4.69) is 25.6 Å². The number of hydrogen-bond donors (Lipinski definition) is 2. The van der Waals surface area contributed by atoms with Gasteiger partial charge in [0.15, 0.2) is 0 Å². The predicted octanol–water partition coefficient (Wildman–Crippen LogP) is 3.54. The van der Waals surface area contributed by atoms with Crippen molar-refractivity contribution in [3.8, 4) is 11.5 Å². The lowest BCUT2D eigenvalue weighted by Crippen LogP contribution is -2.30. The van der Waals surface area contributed by atoms with Crippen molar-refractivity contribution >= 4 is 30.2 Å². The number of rotatable bonds is 8. The van der Waals surface area contributed by atoms with Crippen LogP contribution in [0.2, 0.25) is 0 Å². The lowest BCUT2D eigenvalue weighted by molar-refractivity contribution is 0.340. The van der Waals surface area contributed by atoms with Crippen molar-refractivity contribution in [2.24, 2.45) is 14.7 Å². The Balaban J connectivity index is 1.82. The zero-order valence-corrected chi connectivity index (χ0v) is 16.0. The molecule has 0 atom stereocenters. The fourth-order valence-electron chi connectivity index (χ4n) is 2.03. The maximum Gasteiger partial charge on any atom is 0.250 e. The molecule has 0 saturated heterocycles. The first-order valence-corrected chi connectivity index (χ1v) is 8.81. The first-order valence-electron chi connectivity index (χ1n) is 8.48. The van der Waals surface area contributed by atoms with E-state index in [1.54, 1.807) is 12.4 Å². The molecule has 0 saturated carbocycles. The number of hydrazone groups is 2. The highest BCUT2D eigenvalue weighted by Crippen LogP contribution is 2.11. The van der Waals surface area contributed by atoms with E-state index in [0.717, 1.165) is 22.6 Å². The predicted molar refractivity (Wildman–Crippen MR) is 110 cm³/mol. The van der Waals surface area contributed by atoms with Crippen molar-refractivity contribution in [3.63, 3.8) is 0 Å². The van der Waals surface area contributed by atoms with Crippen LogP contribution in [0.1, 0.15) is 25.0 Å². The number of benzene rings is 2. The highest BCUT2D eigenvalue weighted by atomic mass is 35.5. The molecule has 0 unspecified atom stereocenters. The minimum atomic E-state index is 0.195. The molecule has 7 nitrogen and oxygen atoms in total. The van der Waals surface area contributed by atoms with Crippen LogP contribution in [0.3, 0.4) is 0 Å². The Morgan fingerprint density at radius 1 is 0.815 bits per heavy atom. The molecule has 0 aromatic heterocycles. The average Bonchev–Trinajstić information content (AvgIpc) is 2.70. The summed E-state index contributed by atoms with van der Waals surface area (Å²) in [5.41, 5.74) is 7.16. The van der Waals surface area contributed by atoms with E-state index >= 15 is 0 Å². The Labute approximate surface area is 163 Å². The quantitative estimate of drug-likeness (QED) is 0.412. The lowest BCUT2D eigenvalue weighted by atomic mass is 10.2. The summed E-state index contributed by atoms with van der Waals surface area (Å²) in [5.74, 6) is 1.83. The SMILES string of the molecule is CCOc1ccc(/C=N/NC(=NCl)N/N=C/c2ccc(OCC)cc2)cc1. The molecule has 8 heteroatoms. The van der Waals surface area contributed by atoms with Gasteiger partial charge in [-0.25, -0.2) is 10.9 Å². The largest absolute Gasteiger partial charge is 0.494 e. The minimum absolute atomic E-state index is 0.195. The molecule has 2 aromatic rings. The summed E-state index contributed by atoms with van der Waals surface area (Å²) < 4.78 is 14.3. The van der Waals surface area contributed by atoms with E-state index in [1.165, 1.54) is 0 Å². The molecule has 0 fully saturated rings. The first-order chi connectivity index (χ1) is 13.2. The average molecular weight is 388 g/mol. The minimum Gasteiger partial charge on any atom is -0.494 e. The van der Waals surface area contributed by atoms with E-state index in [-0.39, 0.29) is 5.96 Å². The Morgan fingerprint density at radius 2 is 1.22 bits per heavy atom. The Kier molecular flexibility index (Phi) is 8.65. The van der Waals surface area contributed by atoms with Crippen LogP contribution in [0.25, 0.3) is 0 Å². The Hall–Kier alpha value is -3.06. The molecule has 0 aliphatic rings. The number of ether oxygens (including phenoxy) is 2. The molecule has 0 aliphatic heterocycles. The van der Waals surface area contributed by atoms with Gasteiger partial charge in [0.25, 0.3) is 0 Å². The van der Waals surface area contributed by atoms with Crippen LogP contribution in [0.4, 0.5) is 0 Å². The molecule has 142 valence electrons. The molecule has 0 aliphatic carbocycles. The second-order valence-electron chi connectivity index (χ2n) is 5.18. The molecule has 0 bridgehead atoms. The van der Waals surface area contributed by atoms with Gasteiger partial charge < -0.3 is 9.47 Å². The van der Waals surface area contributed by atoms with Gasteiger partial charge in [-0.1, -0.05) is 0 Å². The van der Waals surface area contributed by atoms with E-state index in [1.807, 2.05) is 62.4 Å². The normalized spacial score (nSPS) is 10.8. The van der Waals surface area contributed by atoms with Crippen LogP contribution in [0.5, 0.6) is 11.5 Å². The van der Waals surface area contributed by atoms with Gasteiger partial charge in [-0.05, 0) is 73.5 Å². The molecule has 2 N–H and O–H groups in total. The third-order valence-electron chi connectivity index (χ3n) is 3.23. The number of halogens is 1. The molecule has 2 aromatic carbocycles. The monoisotopic (exact) mass is 387 g/mol. The summed E-state index contributed by atoms with van der Waals surface area (Å²) >= 11 is 5.52. The molecule has 0 amide bonds. The molecule has 2 rings (SSSR count). The summed E-state index contributed by atoms with van der Waals surface area (Å²) in [6, 6.07) is 15.1. The lowest BCUT2D eigenvalue weighted by Gasteiger charge is -2.04. The Morgan fingerprint density at radius 3 is 1.56 bits per heavy atom. The highest BCUT2D eigenvalue weighted by Gasteiger charge is 1.96. The van der Waals surface area contributed by atoms with Crippen molar-refractivity contribution in [1.29, 1.82) is 0 Å². The van der Waals surface area contributed by atoms with Crippen LogP contribution >= 0.6 is 11.8 Å². The highest BCUT2D eigenvalue weighted by molar-refractivity contribution is 6.19. The molecule has 0 radical (unpaired) electrons. The fraction of sp³-hybridized carbons (Fsp3) is 0.211. The summed E-state index contributed by atoms with van der Waals surface area (Å²) in [7, 11) is 0. The van der Waals surface area contributed by atoms with E-state index < -0.39 is 0 Å². The first kappa shape index (κ1) is 20.3. The number of nitrogens with one attached hydrogen (secondary N) is 2. The van der Waals surface area contributed by atoms with Crippen LogP contribution in [-0.2, 0) is 0 Å². The van der Waals surface area contributed by atoms with Crippen LogP contribution in [0.15, 0.2) is 63.2 Å². The second kappa shape index (κ2) is 11.5. The van der Waals surface area contributed by atoms with Gasteiger partial charge in [0.2, 0.25) is 5.96 Å². The second-order valence-corrected chi connectivity index (χ2v) is 5.35. The standard InChI is InChI=1S/C19H22ClN5O2/c1-3-26-17-9-5-15(6-10-17)13-21-24-19(23-20)25-22-14-16-7-11-18(12-8-16)27-4-2/h5-14H,3-4H2,1-2H3,(H2,23,24,25)/b21-13+,22-14+. The molecular weight excluding hydrogens is 366 g/mol. The van der Waals surface area contributed by atoms with Gasteiger partial charge in [-0.3, -0.25) is 0 Å². The van der Waals surface area contributed by atoms with Crippen molar-refractivity contribution in [2.45, 2.75) is 13.8 Å². The summed E-state index contributed by atoms with van der Waals surface area (Å²) in [5, 5.41) is 8.12. The molecule has 27 heavy (non-hydrogen) atoms. The number of hydrogen-bond acceptors (Lipinski definition) is 5. The van der Waals surface area contributed by atoms with E-state index in [0.29, 0.717) is 13.2 Å². The van der Waals surface area contributed by atoms with Gasteiger partial charge in [-0.15, -0.1) is 4.51 Å². The van der Waals surface area contributed by atoms with Crippen molar-refractivity contribution in [3.05, 3.63) is 59.7 Å². The molecule has 0 heterocycles. The van der Waals surface area contributed by atoms with Gasteiger partial charge in [0.1, 0.15) is 11.5 Å². The molecular formula is C19H22ClN5O2. The summed E-state index contributed by atoms with van der Waals surface area (Å²) in [6.07, 6.45) is 3.27. The zero-order valence-electron chi connectivity index (χ0n) is 15.2. The number of guanidine groups is 1. The fourth-order valence-corrected chi connectivity index (χ4v) is 2.11. The number of nitrogens with zero attached hydrogens (tertiary/aromatic N) is 3. The maximum absolute atomic E-state index is 5.52. The third-order valence-corrected chi connectivity index (χ3v) is 3.40. The van der Waals surface area contributed by atoms with Crippen LogP contribution in [0, 0.1) is 0 Å². The van der Waals surface area contributed by atoms with Gasteiger partial charge in [0.05, 0.1) is 25.6 Å². The Bertz CT molecular complexity index is 710. The van der Waals surface area contributed by atoms with Gasteiger partial charge in [-0.2, -0.15) is 10.2 Å². The molecule has 0 spiro atoms. The van der Waals surface area contributed by atoms with Crippen molar-refractivity contribution in [1.82, 2.24) is 10.9 Å². The van der Waals surface area contributed by atoms with Crippen molar-refractivity contribution < 1.29 is 9.47 Å².